The predicted octanol–water partition coefficient (Wildman–Crippen LogP) is 2.03. The third-order valence-electron chi connectivity index (χ3n) is 3.49. The molecule has 1 amide bonds. The Bertz CT molecular complexity index is 940. The summed E-state index contributed by atoms with van der Waals surface area (Å²) >= 11 is 0. The summed E-state index contributed by atoms with van der Waals surface area (Å²) in [5, 5.41) is 13.4. The molecule has 0 aliphatic carbocycles. The molecule has 0 saturated heterocycles. The number of anilines is 1. The lowest BCUT2D eigenvalue weighted by molar-refractivity contribution is 0.102. The summed E-state index contributed by atoms with van der Waals surface area (Å²) in [6.07, 6.45) is 6.59. The van der Waals surface area contributed by atoms with E-state index in [9.17, 15) is 4.79 Å². The van der Waals surface area contributed by atoms with Crippen molar-refractivity contribution >= 4 is 11.9 Å². The van der Waals surface area contributed by atoms with Crippen LogP contribution in [0, 0.1) is 0 Å². The maximum absolute atomic E-state index is 12.6. The second-order valence-electron chi connectivity index (χ2n) is 5.01. The molecule has 0 fully saturated rings. The van der Waals surface area contributed by atoms with E-state index in [1.165, 1.54) is 12.5 Å². The van der Waals surface area contributed by atoms with E-state index in [1.54, 1.807) is 4.68 Å². The first-order chi connectivity index (χ1) is 11.8. The first-order valence-electron chi connectivity index (χ1n) is 7.26. The van der Waals surface area contributed by atoms with Gasteiger partial charge < -0.3 is 4.57 Å². The number of nitrogens with one attached hydrogen (secondary N) is 2. The van der Waals surface area contributed by atoms with Crippen LogP contribution >= 0.6 is 0 Å². The molecule has 0 radical (unpaired) electrons. The highest BCUT2D eigenvalue weighted by Gasteiger charge is 2.20. The molecule has 0 spiro atoms. The van der Waals surface area contributed by atoms with Gasteiger partial charge in [-0.15, -0.1) is 0 Å². The molecule has 0 bridgehead atoms. The quantitative estimate of drug-likeness (QED) is 0.602. The minimum absolute atomic E-state index is 0.283. The molecule has 2 N–H and O–H groups in total. The van der Waals surface area contributed by atoms with Gasteiger partial charge in [-0.1, -0.05) is 18.2 Å². The zero-order valence-electron chi connectivity index (χ0n) is 12.5. The van der Waals surface area contributed by atoms with Gasteiger partial charge in [0.2, 0.25) is 5.95 Å². The highest BCUT2D eigenvalue weighted by Crippen LogP contribution is 2.20. The van der Waals surface area contributed by atoms with Gasteiger partial charge in [-0.25, -0.2) is 9.78 Å². The summed E-state index contributed by atoms with van der Waals surface area (Å²) in [7, 11) is 0. The van der Waals surface area contributed by atoms with Crippen molar-refractivity contribution in [3.05, 3.63) is 72.9 Å². The standard InChI is InChI=1S/C16H13N7O/c24-14(20-16-17-11-18-21-16)13-10-19-23(12-6-2-1-3-7-12)15(13)22-8-4-5-9-22/h1-11H,(H2,17,18,20,21,24). The number of amides is 1. The number of hydrogen-bond donors (Lipinski definition) is 2. The van der Waals surface area contributed by atoms with E-state index in [1.807, 2.05) is 59.4 Å². The number of carbonyl (C=O) groups is 1. The van der Waals surface area contributed by atoms with Gasteiger partial charge in [-0.05, 0) is 24.3 Å². The van der Waals surface area contributed by atoms with Crippen molar-refractivity contribution in [3.63, 3.8) is 0 Å². The number of hydrogen-bond acceptors (Lipinski definition) is 4. The molecule has 0 atom stereocenters. The molecule has 4 rings (SSSR count). The van der Waals surface area contributed by atoms with Gasteiger partial charge in [0.05, 0.1) is 11.9 Å². The van der Waals surface area contributed by atoms with Crippen molar-refractivity contribution < 1.29 is 4.79 Å². The molecule has 24 heavy (non-hydrogen) atoms. The Morgan fingerprint density at radius 3 is 2.58 bits per heavy atom. The molecular weight excluding hydrogens is 306 g/mol. The van der Waals surface area contributed by atoms with Gasteiger partial charge in [0, 0.05) is 12.4 Å². The fourth-order valence-corrected chi connectivity index (χ4v) is 2.43. The number of nitrogens with zero attached hydrogens (tertiary/aromatic N) is 5. The largest absolute Gasteiger partial charge is 0.308 e. The Kier molecular flexibility index (Phi) is 3.39. The average molecular weight is 319 g/mol. The zero-order chi connectivity index (χ0) is 16.4. The first kappa shape index (κ1) is 13.9. The molecule has 118 valence electrons. The van der Waals surface area contributed by atoms with E-state index in [-0.39, 0.29) is 11.9 Å². The van der Waals surface area contributed by atoms with E-state index < -0.39 is 0 Å². The highest BCUT2D eigenvalue weighted by atomic mass is 16.1. The second kappa shape index (κ2) is 5.84. The highest BCUT2D eigenvalue weighted by molar-refractivity contribution is 6.05. The lowest BCUT2D eigenvalue weighted by Gasteiger charge is -2.10. The van der Waals surface area contributed by atoms with Crippen LogP contribution in [0.5, 0.6) is 0 Å². The molecule has 1 aromatic carbocycles. The van der Waals surface area contributed by atoms with E-state index in [0.29, 0.717) is 11.4 Å². The minimum Gasteiger partial charge on any atom is -0.308 e. The van der Waals surface area contributed by atoms with Crippen LogP contribution in [0.25, 0.3) is 11.5 Å². The Labute approximate surface area is 136 Å². The molecule has 8 heteroatoms. The summed E-state index contributed by atoms with van der Waals surface area (Å²) in [5.41, 5.74) is 1.28. The number of benzene rings is 1. The summed E-state index contributed by atoms with van der Waals surface area (Å²) < 4.78 is 3.56. The Morgan fingerprint density at radius 1 is 1.08 bits per heavy atom. The van der Waals surface area contributed by atoms with Gasteiger partial charge in [0.15, 0.2) is 5.82 Å². The normalized spacial score (nSPS) is 10.7. The minimum atomic E-state index is -0.322. The smallest absolute Gasteiger partial charge is 0.263 e. The monoisotopic (exact) mass is 319 g/mol. The van der Waals surface area contributed by atoms with Crippen LogP contribution in [0.4, 0.5) is 5.95 Å². The molecule has 0 unspecified atom stereocenters. The van der Waals surface area contributed by atoms with Crippen molar-refractivity contribution in [2.75, 3.05) is 5.32 Å². The maximum Gasteiger partial charge on any atom is 0.263 e. The third kappa shape index (κ3) is 2.45. The van der Waals surface area contributed by atoms with Crippen molar-refractivity contribution in [1.29, 1.82) is 0 Å². The van der Waals surface area contributed by atoms with Crippen LogP contribution < -0.4 is 5.32 Å². The number of H-pyrrole nitrogens is 1. The fraction of sp³-hybridized carbons (Fsp3) is 0. The predicted molar refractivity (Wildman–Crippen MR) is 87.2 cm³/mol. The number of aromatic nitrogens is 6. The van der Waals surface area contributed by atoms with Gasteiger partial charge in [-0.3, -0.25) is 10.1 Å². The van der Waals surface area contributed by atoms with Crippen LogP contribution in [0.2, 0.25) is 0 Å². The molecule has 0 aliphatic heterocycles. The number of carbonyl (C=O) groups excluding carboxylic acids is 1. The van der Waals surface area contributed by atoms with E-state index in [0.717, 1.165) is 5.69 Å². The summed E-state index contributed by atoms with van der Waals surface area (Å²) in [4.78, 5) is 16.5. The number of aromatic amines is 1. The Balaban J connectivity index is 1.80. The Morgan fingerprint density at radius 2 is 1.88 bits per heavy atom. The van der Waals surface area contributed by atoms with Gasteiger partial charge in [-0.2, -0.15) is 15.2 Å². The molecular formula is C16H13N7O. The molecule has 3 heterocycles. The van der Waals surface area contributed by atoms with Crippen molar-refractivity contribution in [2.45, 2.75) is 0 Å². The van der Waals surface area contributed by atoms with Crippen LogP contribution in [0.15, 0.2) is 67.4 Å². The Hall–Kier alpha value is -3.68. The van der Waals surface area contributed by atoms with Crippen LogP contribution in [0.3, 0.4) is 0 Å². The molecule has 0 saturated carbocycles. The van der Waals surface area contributed by atoms with Gasteiger partial charge in [0.1, 0.15) is 11.9 Å². The molecule has 8 nitrogen and oxygen atoms in total. The number of para-hydroxylation sites is 1. The molecule has 4 aromatic rings. The van der Waals surface area contributed by atoms with Crippen LogP contribution in [-0.2, 0) is 0 Å². The zero-order valence-corrected chi connectivity index (χ0v) is 12.5. The molecule has 3 aromatic heterocycles. The summed E-state index contributed by atoms with van der Waals surface area (Å²) in [6.45, 7) is 0. The van der Waals surface area contributed by atoms with Crippen LogP contribution in [-0.4, -0.2) is 35.4 Å². The van der Waals surface area contributed by atoms with Gasteiger partial charge in [0.25, 0.3) is 5.91 Å². The lowest BCUT2D eigenvalue weighted by Crippen LogP contribution is -2.16. The van der Waals surface area contributed by atoms with Crippen molar-refractivity contribution in [1.82, 2.24) is 29.5 Å². The summed E-state index contributed by atoms with van der Waals surface area (Å²) in [6, 6.07) is 13.4. The van der Waals surface area contributed by atoms with Crippen molar-refractivity contribution in [3.8, 4) is 11.5 Å². The first-order valence-corrected chi connectivity index (χ1v) is 7.26. The fourth-order valence-electron chi connectivity index (χ4n) is 2.43. The third-order valence-corrected chi connectivity index (χ3v) is 3.49. The second-order valence-corrected chi connectivity index (χ2v) is 5.01. The lowest BCUT2D eigenvalue weighted by atomic mass is 10.3. The van der Waals surface area contributed by atoms with Crippen LogP contribution in [0.1, 0.15) is 10.4 Å². The number of rotatable bonds is 4. The van der Waals surface area contributed by atoms with E-state index in [4.69, 9.17) is 0 Å². The van der Waals surface area contributed by atoms with E-state index >= 15 is 0 Å². The van der Waals surface area contributed by atoms with Gasteiger partial charge >= 0.3 is 0 Å². The average Bonchev–Trinajstić information content (AvgIpc) is 3.36. The topological polar surface area (TPSA) is 93.4 Å². The SMILES string of the molecule is O=C(Nc1ncn[nH]1)c1cnn(-c2ccccc2)c1-n1cccc1. The van der Waals surface area contributed by atoms with Crippen molar-refractivity contribution in [2.24, 2.45) is 0 Å². The maximum atomic E-state index is 12.6. The van der Waals surface area contributed by atoms with E-state index in [2.05, 4.69) is 25.6 Å². The molecule has 0 aliphatic rings. The summed E-state index contributed by atoms with van der Waals surface area (Å²) in [5.74, 6) is 0.603.